The molecule has 2 fully saturated rings. The van der Waals surface area contributed by atoms with Gasteiger partial charge >= 0.3 is 0 Å². The van der Waals surface area contributed by atoms with Gasteiger partial charge in [0.05, 0.1) is 0 Å². The van der Waals surface area contributed by atoms with E-state index < -0.39 is 12.2 Å². The normalized spacial score (nSPS) is 40.7. The molecule has 2 aliphatic heterocycles. The monoisotopic (exact) mass is 315 g/mol. The SMILES string of the molecule is CNC1=N[C@@H]2[C@@H](O)[C@H](O)[C@@H](CNC3CCCCC3)O[C@@H]2S1. The molecule has 5 atom stereocenters. The fourth-order valence-electron chi connectivity index (χ4n) is 3.31. The van der Waals surface area contributed by atoms with E-state index in [1.807, 2.05) is 0 Å². The molecule has 6 nitrogen and oxygen atoms in total. The van der Waals surface area contributed by atoms with Gasteiger partial charge in [-0.2, -0.15) is 0 Å². The van der Waals surface area contributed by atoms with Crippen molar-refractivity contribution in [2.45, 2.75) is 67.9 Å². The first kappa shape index (κ1) is 15.6. The van der Waals surface area contributed by atoms with Crippen LogP contribution < -0.4 is 10.6 Å². The van der Waals surface area contributed by atoms with E-state index >= 15 is 0 Å². The molecule has 0 bridgehead atoms. The molecular formula is C14H25N3O3S. The number of fused-ring (bicyclic) bond motifs is 1. The molecule has 0 spiro atoms. The zero-order chi connectivity index (χ0) is 14.8. The van der Waals surface area contributed by atoms with Crippen LogP contribution in [0, 0.1) is 0 Å². The minimum atomic E-state index is -0.886. The lowest BCUT2D eigenvalue weighted by Gasteiger charge is -2.39. The molecule has 21 heavy (non-hydrogen) atoms. The predicted molar refractivity (Wildman–Crippen MR) is 83.4 cm³/mol. The summed E-state index contributed by atoms with van der Waals surface area (Å²) in [5, 5.41) is 27.8. The number of aliphatic imine (C=N–C) groups is 1. The van der Waals surface area contributed by atoms with Crippen molar-refractivity contribution >= 4 is 16.9 Å². The van der Waals surface area contributed by atoms with Crippen LogP contribution in [0.5, 0.6) is 0 Å². The second-order valence-corrected chi connectivity index (χ2v) is 7.15. The van der Waals surface area contributed by atoms with Crippen LogP contribution >= 0.6 is 11.8 Å². The Labute approximate surface area is 129 Å². The maximum atomic E-state index is 10.3. The first-order valence-corrected chi connectivity index (χ1v) is 8.74. The zero-order valence-electron chi connectivity index (χ0n) is 12.4. The van der Waals surface area contributed by atoms with Crippen molar-refractivity contribution in [2.75, 3.05) is 13.6 Å². The minimum absolute atomic E-state index is 0.205. The summed E-state index contributed by atoms with van der Waals surface area (Å²) >= 11 is 1.48. The number of thioether (sulfide) groups is 1. The quantitative estimate of drug-likeness (QED) is 0.589. The number of aliphatic hydroxyl groups excluding tert-OH is 2. The predicted octanol–water partition coefficient (Wildman–Crippen LogP) is 0.0462. The van der Waals surface area contributed by atoms with Crippen LogP contribution in [0.4, 0.5) is 0 Å². The maximum absolute atomic E-state index is 10.3. The maximum Gasteiger partial charge on any atom is 0.159 e. The molecule has 0 aromatic rings. The molecule has 0 unspecified atom stereocenters. The van der Waals surface area contributed by atoms with Crippen molar-refractivity contribution in [1.82, 2.24) is 10.6 Å². The van der Waals surface area contributed by atoms with E-state index in [9.17, 15) is 10.2 Å². The molecule has 0 aromatic heterocycles. The summed E-state index contributed by atoms with van der Waals surface area (Å²) < 4.78 is 5.95. The van der Waals surface area contributed by atoms with E-state index in [4.69, 9.17) is 4.74 Å². The van der Waals surface area contributed by atoms with Crippen molar-refractivity contribution < 1.29 is 14.9 Å². The molecular weight excluding hydrogens is 290 g/mol. The number of ether oxygens (including phenoxy) is 1. The highest BCUT2D eigenvalue weighted by Gasteiger charge is 2.47. The molecule has 1 aliphatic carbocycles. The van der Waals surface area contributed by atoms with Crippen LogP contribution in [-0.4, -0.2) is 64.8 Å². The number of nitrogens with one attached hydrogen (secondary N) is 2. The smallest absolute Gasteiger partial charge is 0.159 e. The summed E-state index contributed by atoms with van der Waals surface area (Å²) in [6.45, 7) is 0.585. The summed E-state index contributed by atoms with van der Waals surface area (Å²) in [6.07, 6.45) is 4.13. The summed E-state index contributed by atoms with van der Waals surface area (Å²) in [4.78, 5) is 4.36. The highest BCUT2D eigenvalue weighted by Crippen LogP contribution is 2.35. The largest absolute Gasteiger partial charge is 0.388 e. The summed E-state index contributed by atoms with van der Waals surface area (Å²) in [5.74, 6) is 0. The second-order valence-electron chi connectivity index (χ2n) is 6.06. The van der Waals surface area contributed by atoms with Crippen LogP contribution in [0.15, 0.2) is 4.99 Å². The van der Waals surface area contributed by atoms with Crippen LogP contribution in [0.3, 0.4) is 0 Å². The number of rotatable bonds is 3. The van der Waals surface area contributed by atoms with E-state index in [1.54, 1.807) is 7.05 Å². The van der Waals surface area contributed by atoms with Gasteiger partial charge in [-0.25, -0.2) is 0 Å². The van der Waals surface area contributed by atoms with Crippen molar-refractivity contribution in [3.63, 3.8) is 0 Å². The molecule has 0 radical (unpaired) electrons. The Bertz CT molecular complexity index is 390. The van der Waals surface area contributed by atoms with E-state index in [-0.39, 0.29) is 17.6 Å². The summed E-state index contributed by atoms with van der Waals surface area (Å²) in [5.41, 5.74) is -0.205. The average Bonchev–Trinajstić information content (AvgIpc) is 2.94. The van der Waals surface area contributed by atoms with Gasteiger partial charge in [0.25, 0.3) is 0 Å². The topological polar surface area (TPSA) is 86.1 Å². The third-order valence-electron chi connectivity index (χ3n) is 4.59. The fourth-order valence-corrected chi connectivity index (χ4v) is 4.39. The Morgan fingerprint density at radius 1 is 1.24 bits per heavy atom. The second kappa shape index (κ2) is 6.83. The molecule has 4 N–H and O–H groups in total. The van der Waals surface area contributed by atoms with Crippen LogP contribution in [-0.2, 0) is 4.74 Å². The van der Waals surface area contributed by atoms with Gasteiger partial charge in [0.1, 0.15) is 29.8 Å². The van der Waals surface area contributed by atoms with Crippen LogP contribution in [0.25, 0.3) is 0 Å². The molecule has 1 saturated heterocycles. The van der Waals surface area contributed by atoms with E-state index in [1.165, 1.54) is 43.9 Å². The van der Waals surface area contributed by atoms with Crippen molar-refractivity contribution in [2.24, 2.45) is 4.99 Å². The third kappa shape index (κ3) is 3.37. The van der Waals surface area contributed by atoms with Gasteiger partial charge in [0.15, 0.2) is 5.17 Å². The van der Waals surface area contributed by atoms with Crippen LogP contribution in [0.2, 0.25) is 0 Å². The molecule has 0 amide bonds. The Kier molecular flexibility index (Phi) is 5.06. The van der Waals surface area contributed by atoms with Crippen molar-refractivity contribution in [1.29, 1.82) is 0 Å². The Balaban J connectivity index is 1.55. The molecule has 1 saturated carbocycles. The molecule has 7 heteroatoms. The van der Waals surface area contributed by atoms with Gasteiger partial charge in [-0.3, -0.25) is 4.99 Å². The molecule has 3 aliphatic rings. The Morgan fingerprint density at radius 3 is 2.71 bits per heavy atom. The third-order valence-corrected chi connectivity index (χ3v) is 5.74. The first-order valence-electron chi connectivity index (χ1n) is 7.86. The summed E-state index contributed by atoms with van der Waals surface area (Å²) in [7, 11) is 1.80. The number of hydrogen-bond acceptors (Lipinski definition) is 7. The molecule has 2 heterocycles. The Hall–Kier alpha value is -0.340. The van der Waals surface area contributed by atoms with Gasteiger partial charge < -0.3 is 25.6 Å². The van der Waals surface area contributed by atoms with Gasteiger partial charge in [-0.05, 0) is 12.8 Å². The number of hydrogen-bond donors (Lipinski definition) is 4. The van der Waals surface area contributed by atoms with E-state index in [2.05, 4.69) is 15.6 Å². The minimum Gasteiger partial charge on any atom is -0.388 e. The summed E-state index contributed by atoms with van der Waals surface area (Å²) in [6, 6.07) is 0.142. The lowest BCUT2D eigenvalue weighted by atomic mass is 9.94. The van der Waals surface area contributed by atoms with E-state index in [0.29, 0.717) is 12.6 Å². The molecule has 0 aromatic carbocycles. The average molecular weight is 315 g/mol. The first-order chi connectivity index (χ1) is 10.2. The zero-order valence-corrected chi connectivity index (χ0v) is 13.2. The number of amidine groups is 1. The van der Waals surface area contributed by atoms with E-state index in [0.717, 1.165) is 5.17 Å². The highest BCUT2D eigenvalue weighted by molar-refractivity contribution is 8.14. The van der Waals surface area contributed by atoms with Gasteiger partial charge in [-0.15, -0.1) is 0 Å². The van der Waals surface area contributed by atoms with Crippen molar-refractivity contribution in [3.05, 3.63) is 0 Å². The van der Waals surface area contributed by atoms with Crippen LogP contribution in [0.1, 0.15) is 32.1 Å². The van der Waals surface area contributed by atoms with Gasteiger partial charge in [0, 0.05) is 19.6 Å². The lowest BCUT2D eigenvalue weighted by molar-refractivity contribution is -0.151. The molecule has 3 rings (SSSR count). The standard InChI is InChI=1S/C14H25N3O3S/c1-15-14-17-10-12(19)11(18)9(20-13(10)21-14)7-16-8-5-3-2-4-6-8/h8-13,16,18-19H,2-7H2,1H3,(H,15,17)/t9-,10-,11-,12-,13-/m1/s1. The Morgan fingerprint density at radius 2 is 2.00 bits per heavy atom. The lowest BCUT2D eigenvalue weighted by Crippen LogP contribution is -2.58. The fraction of sp³-hybridized carbons (Fsp3) is 0.929. The number of aliphatic hydroxyl groups is 2. The van der Waals surface area contributed by atoms with Crippen molar-refractivity contribution in [3.8, 4) is 0 Å². The number of nitrogens with zero attached hydrogens (tertiary/aromatic N) is 1. The van der Waals surface area contributed by atoms with Gasteiger partial charge in [-0.1, -0.05) is 31.0 Å². The van der Waals surface area contributed by atoms with Gasteiger partial charge in [0.2, 0.25) is 0 Å². The molecule has 120 valence electrons. The highest BCUT2D eigenvalue weighted by atomic mass is 32.2.